The number of nitrogens with one attached hydrogen (secondary N) is 2. The van der Waals surface area contributed by atoms with Gasteiger partial charge in [0.1, 0.15) is 11.6 Å². The number of esters is 1. The van der Waals surface area contributed by atoms with Gasteiger partial charge in [0.15, 0.2) is 0 Å². The van der Waals surface area contributed by atoms with Crippen LogP contribution in [0.5, 0.6) is 0 Å². The smallest absolute Gasteiger partial charge is 0.340 e. The minimum Gasteiger partial charge on any atom is -0.465 e. The van der Waals surface area contributed by atoms with Gasteiger partial charge in [-0.1, -0.05) is 0 Å². The fourth-order valence-corrected chi connectivity index (χ4v) is 1.68. The second kappa shape index (κ2) is 5.70. The average Bonchev–Trinajstić information content (AvgIpc) is 2.87. The molecule has 1 heterocycles. The highest BCUT2D eigenvalue weighted by molar-refractivity contribution is 6.05. The zero-order chi connectivity index (χ0) is 15.6. The topological polar surface area (TPSA) is 84.1 Å². The standard InChI is InChI=1S/C13H11F2N3O3/c1-6-8(5-16-18-6)12(19)17-11-3-7(13(20)21-2)9(14)4-10(11)15/h3-5H,1-2H3,(H,16,18)(H,17,19). The Morgan fingerprint density at radius 3 is 2.52 bits per heavy atom. The lowest BCUT2D eigenvalue weighted by atomic mass is 10.1. The Morgan fingerprint density at radius 2 is 1.95 bits per heavy atom. The molecule has 2 N–H and O–H groups in total. The monoisotopic (exact) mass is 295 g/mol. The first-order valence-electron chi connectivity index (χ1n) is 5.82. The third kappa shape index (κ3) is 2.88. The van der Waals surface area contributed by atoms with Crippen LogP contribution in [-0.2, 0) is 4.74 Å². The van der Waals surface area contributed by atoms with E-state index >= 15 is 0 Å². The molecule has 2 rings (SSSR count). The van der Waals surface area contributed by atoms with Crippen LogP contribution in [0.1, 0.15) is 26.4 Å². The van der Waals surface area contributed by atoms with Crippen LogP contribution >= 0.6 is 0 Å². The van der Waals surface area contributed by atoms with Crippen LogP contribution in [0.4, 0.5) is 14.5 Å². The molecule has 0 bridgehead atoms. The van der Waals surface area contributed by atoms with Gasteiger partial charge in [0.05, 0.1) is 30.1 Å². The Hall–Kier alpha value is -2.77. The zero-order valence-corrected chi connectivity index (χ0v) is 11.2. The molecule has 1 aromatic heterocycles. The molecule has 0 saturated carbocycles. The molecule has 1 amide bonds. The van der Waals surface area contributed by atoms with Gasteiger partial charge in [-0.3, -0.25) is 9.89 Å². The fourth-order valence-electron chi connectivity index (χ4n) is 1.68. The molecule has 21 heavy (non-hydrogen) atoms. The summed E-state index contributed by atoms with van der Waals surface area (Å²) in [5.41, 5.74) is -0.109. The van der Waals surface area contributed by atoms with E-state index < -0.39 is 29.1 Å². The largest absolute Gasteiger partial charge is 0.465 e. The number of carbonyl (C=O) groups excluding carboxylic acids is 2. The summed E-state index contributed by atoms with van der Waals surface area (Å²) < 4.78 is 31.5. The van der Waals surface area contributed by atoms with Crippen LogP contribution in [0.25, 0.3) is 0 Å². The van der Waals surface area contributed by atoms with Crippen molar-refractivity contribution >= 4 is 17.6 Å². The summed E-state index contributed by atoms with van der Waals surface area (Å²) in [5.74, 6) is -3.68. The Labute approximate surface area is 118 Å². The molecule has 0 aliphatic rings. The van der Waals surface area contributed by atoms with Crippen molar-refractivity contribution in [3.05, 3.63) is 46.8 Å². The molecule has 0 unspecified atom stereocenters. The van der Waals surface area contributed by atoms with E-state index in [0.717, 1.165) is 13.2 Å². The lowest BCUT2D eigenvalue weighted by Crippen LogP contribution is -2.15. The van der Waals surface area contributed by atoms with Crippen molar-refractivity contribution in [2.24, 2.45) is 0 Å². The van der Waals surface area contributed by atoms with E-state index in [1.54, 1.807) is 6.92 Å². The number of ether oxygens (including phenoxy) is 1. The highest BCUT2D eigenvalue weighted by Gasteiger charge is 2.19. The van der Waals surface area contributed by atoms with Gasteiger partial charge in [0, 0.05) is 11.8 Å². The first-order valence-corrected chi connectivity index (χ1v) is 5.82. The van der Waals surface area contributed by atoms with E-state index in [2.05, 4.69) is 20.3 Å². The molecule has 0 radical (unpaired) electrons. The quantitative estimate of drug-likeness (QED) is 0.849. The summed E-state index contributed by atoms with van der Waals surface area (Å²) in [4.78, 5) is 23.3. The minimum atomic E-state index is -1.07. The van der Waals surface area contributed by atoms with Crippen LogP contribution in [0, 0.1) is 18.6 Å². The number of anilines is 1. The van der Waals surface area contributed by atoms with Gasteiger partial charge in [-0.25, -0.2) is 13.6 Å². The average molecular weight is 295 g/mol. The number of amides is 1. The molecule has 110 valence electrons. The van der Waals surface area contributed by atoms with E-state index in [0.29, 0.717) is 11.8 Å². The normalized spacial score (nSPS) is 10.3. The Balaban J connectivity index is 2.34. The van der Waals surface area contributed by atoms with Crippen molar-refractivity contribution in [2.45, 2.75) is 6.92 Å². The molecule has 0 atom stereocenters. The molecule has 0 aliphatic heterocycles. The highest BCUT2D eigenvalue weighted by Crippen LogP contribution is 2.21. The number of hydrogen-bond donors (Lipinski definition) is 2. The number of carbonyl (C=O) groups is 2. The molecule has 6 nitrogen and oxygen atoms in total. The molecule has 0 spiro atoms. The molecule has 1 aromatic carbocycles. The van der Waals surface area contributed by atoms with Crippen LogP contribution in [0.15, 0.2) is 18.3 Å². The second-order valence-corrected chi connectivity index (χ2v) is 4.17. The number of methoxy groups -OCH3 is 1. The van der Waals surface area contributed by atoms with Gasteiger partial charge in [0.2, 0.25) is 0 Å². The zero-order valence-electron chi connectivity index (χ0n) is 11.2. The summed E-state index contributed by atoms with van der Waals surface area (Å²) in [5, 5.41) is 8.48. The van der Waals surface area contributed by atoms with Crippen LogP contribution in [-0.4, -0.2) is 29.2 Å². The molecule has 0 aliphatic carbocycles. The van der Waals surface area contributed by atoms with Gasteiger partial charge in [-0.15, -0.1) is 0 Å². The molecular formula is C13H11F2N3O3. The first-order chi connectivity index (χ1) is 9.93. The molecule has 0 fully saturated rings. The van der Waals surface area contributed by atoms with Crippen molar-refractivity contribution in [1.82, 2.24) is 10.2 Å². The first kappa shape index (κ1) is 14.6. The van der Waals surface area contributed by atoms with Crippen molar-refractivity contribution in [1.29, 1.82) is 0 Å². The number of aryl methyl sites for hydroxylation is 1. The number of halogens is 2. The number of nitrogens with zero attached hydrogens (tertiary/aromatic N) is 1. The number of hydrogen-bond acceptors (Lipinski definition) is 4. The lowest BCUT2D eigenvalue weighted by molar-refractivity contribution is 0.0595. The van der Waals surface area contributed by atoms with E-state index in [1.807, 2.05) is 0 Å². The van der Waals surface area contributed by atoms with Crippen LogP contribution in [0.3, 0.4) is 0 Å². The SMILES string of the molecule is COC(=O)c1cc(NC(=O)c2cn[nH]c2C)c(F)cc1F. The van der Waals surface area contributed by atoms with Crippen molar-refractivity contribution in [3.63, 3.8) is 0 Å². The van der Waals surface area contributed by atoms with E-state index in [4.69, 9.17) is 0 Å². The minimum absolute atomic E-state index is 0.207. The third-order valence-corrected chi connectivity index (χ3v) is 2.78. The lowest BCUT2D eigenvalue weighted by Gasteiger charge is -2.08. The number of rotatable bonds is 3. The van der Waals surface area contributed by atoms with Crippen LogP contribution in [0.2, 0.25) is 0 Å². The summed E-state index contributed by atoms with van der Waals surface area (Å²) >= 11 is 0. The van der Waals surface area contributed by atoms with Gasteiger partial charge in [-0.05, 0) is 13.0 Å². The van der Waals surface area contributed by atoms with E-state index in [-0.39, 0.29) is 11.3 Å². The third-order valence-electron chi connectivity index (χ3n) is 2.78. The van der Waals surface area contributed by atoms with Gasteiger partial charge in [0.25, 0.3) is 5.91 Å². The highest BCUT2D eigenvalue weighted by atomic mass is 19.1. The summed E-state index contributed by atoms with van der Waals surface area (Å²) in [6.07, 6.45) is 1.27. The maximum absolute atomic E-state index is 13.7. The van der Waals surface area contributed by atoms with E-state index in [9.17, 15) is 18.4 Å². The Bertz CT molecular complexity index is 713. The van der Waals surface area contributed by atoms with Crippen molar-refractivity contribution in [3.8, 4) is 0 Å². The predicted octanol–water partition coefficient (Wildman–Crippen LogP) is 2.04. The second-order valence-electron chi connectivity index (χ2n) is 4.17. The predicted molar refractivity (Wildman–Crippen MR) is 69.0 cm³/mol. The van der Waals surface area contributed by atoms with Crippen molar-refractivity contribution < 1.29 is 23.1 Å². The number of aromatic nitrogens is 2. The van der Waals surface area contributed by atoms with Gasteiger partial charge >= 0.3 is 5.97 Å². The molecular weight excluding hydrogens is 284 g/mol. The van der Waals surface area contributed by atoms with Gasteiger partial charge < -0.3 is 10.1 Å². The fraction of sp³-hybridized carbons (Fsp3) is 0.154. The molecule has 0 saturated heterocycles. The number of aromatic amines is 1. The summed E-state index contributed by atoms with van der Waals surface area (Å²) in [6.45, 7) is 1.61. The molecule has 2 aromatic rings. The Morgan fingerprint density at radius 1 is 1.24 bits per heavy atom. The van der Waals surface area contributed by atoms with Crippen molar-refractivity contribution in [2.75, 3.05) is 12.4 Å². The molecule has 8 heteroatoms. The number of H-pyrrole nitrogens is 1. The van der Waals surface area contributed by atoms with Crippen LogP contribution < -0.4 is 5.32 Å². The maximum Gasteiger partial charge on any atom is 0.340 e. The maximum atomic E-state index is 13.7. The number of benzene rings is 1. The summed E-state index contributed by atoms with van der Waals surface area (Å²) in [7, 11) is 1.07. The Kier molecular flexibility index (Phi) is 3.97. The van der Waals surface area contributed by atoms with Gasteiger partial charge in [-0.2, -0.15) is 5.10 Å². The summed E-state index contributed by atoms with van der Waals surface area (Å²) in [6, 6.07) is 1.38. The van der Waals surface area contributed by atoms with E-state index in [1.165, 1.54) is 6.20 Å².